The van der Waals surface area contributed by atoms with E-state index in [1.54, 1.807) is 0 Å². The van der Waals surface area contributed by atoms with Crippen LogP contribution < -0.4 is 10.5 Å². The lowest BCUT2D eigenvalue weighted by Gasteiger charge is -2.33. The molecule has 4 aromatic rings. The average Bonchev–Trinajstić information content (AvgIpc) is 3.39. The van der Waals surface area contributed by atoms with Gasteiger partial charge in [-0.05, 0) is 68.0 Å². The van der Waals surface area contributed by atoms with Crippen LogP contribution in [0, 0.1) is 0 Å². The second-order valence-electron chi connectivity index (χ2n) is 10.4. The van der Waals surface area contributed by atoms with Crippen LogP contribution in [0.2, 0.25) is 0 Å². The Kier molecular flexibility index (Phi) is 8.29. The molecule has 40 heavy (non-hydrogen) atoms. The van der Waals surface area contributed by atoms with E-state index in [0.717, 1.165) is 65.1 Å². The summed E-state index contributed by atoms with van der Waals surface area (Å²) in [6.45, 7) is 9.15. The minimum absolute atomic E-state index is 0.108. The number of H-pyrrole nitrogens is 1. The molecule has 3 aromatic carbocycles. The van der Waals surface area contributed by atoms with Crippen molar-refractivity contribution in [3.63, 3.8) is 0 Å². The summed E-state index contributed by atoms with van der Waals surface area (Å²) in [4.78, 5) is 21.7. The quantitative estimate of drug-likeness (QED) is 0.230. The SMILES string of the molecule is CCCCC1N=C(C)C(c2ccc(OC(C)C)cc2)=CN1Cc1ccc(-c2ccccc2-c2noc(=O)[nH]2)cc1. The minimum atomic E-state index is -0.565. The molecular formula is C33H36N4O3. The molecule has 0 bridgehead atoms. The first-order valence-corrected chi connectivity index (χ1v) is 14.0. The Morgan fingerprint density at radius 2 is 1.68 bits per heavy atom. The Labute approximate surface area is 235 Å². The lowest BCUT2D eigenvalue weighted by atomic mass is 9.97. The Morgan fingerprint density at radius 3 is 2.33 bits per heavy atom. The van der Waals surface area contributed by atoms with Crippen LogP contribution in [0.3, 0.4) is 0 Å². The van der Waals surface area contributed by atoms with E-state index in [4.69, 9.17) is 14.3 Å². The summed E-state index contributed by atoms with van der Waals surface area (Å²) >= 11 is 0. The molecule has 1 atom stereocenters. The maximum Gasteiger partial charge on any atom is 0.439 e. The molecule has 0 radical (unpaired) electrons. The van der Waals surface area contributed by atoms with Crippen molar-refractivity contribution in [1.82, 2.24) is 15.0 Å². The second kappa shape index (κ2) is 12.2. The fraction of sp³-hybridized carbons (Fsp3) is 0.303. The highest BCUT2D eigenvalue weighted by atomic mass is 16.5. The van der Waals surface area contributed by atoms with Crippen LogP contribution in [0.1, 0.15) is 58.1 Å². The van der Waals surface area contributed by atoms with Crippen LogP contribution in [0.4, 0.5) is 0 Å². The molecule has 1 unspecified atom stereocenters. The van der Waals surface area contributed by atoms with Crippen molar-refractivity contribution in [3.8, 4) is 28.3 Å². The van der Waals surface area contributed by atoms with Crippen molar-refractivity contribution >= 4 is 11.3 Å². The van der Waals surface area contributed by atoms with E-state index >= 15 is 0 Å². The summed E-state index contributed by atoms with van der Waals surface area (Å²) in [5.41, 5.74) is 7.36. The van der Waals surface area contributed by atoms with Crippen LogP contribution in [-0.2, 0) is 6.54 Å². The molecule has 1 aliphatic heterocycles. The molecule has 5 rings (SSSR count). The number of allylic oxidation sites excluding steroid dienone is 1. The normalized spacial score (nSPS) is 15.2. The van der Waals surface area contributed by atoms with Gasteiger partial charge in [-0.3, -0.25) is 14.5 Å². The lowest BCUT2D eigenvalue weighted by molar-refractivity contribution is 0.242. The van der Waals surface area contributed by atoms with E-state index < -0.39 is 5.76 Å². The highest BCUT2D eigenvalue weighted by molar-refractivity contribution is 6.23. The third-order valence-corrected chi connectivity index (χ3v) is 7.02. The smallest absolute Gasteiger partial charge is 0.439 e. The number of hydrogen-bond acceptors (Lipinski definition) is 6. The lowest BCUT2D eigenvalue weighted by Crippen LogP contribution is -2.33. The van der Waals surface area contributed by atoms with Crippen molar-refractivity contribution in [2.45, 2.75) is 65.8 Å². The fourth-order valence-corrected chi connectivity index (χ4v) is 5.04. The van der Waals surface area contributed by atoms with Gasteiger partial charge >= 0.3 is 5.76 Å². The zero-order chi connectivity index (χ0) is 28.1. The highest BCUT2D eigenvalue weighted by Crippen LogP contribution is 2.31. The average molecular weight is 537 g/mol. The first-order valence-electron chi connectivity index (χ1n) is 14.0. The summed E-state index contributed by atoms with van der Waals surface area (Å²) in [5.74, 6) is 0.731. The van der Waals surface area contributed by atoms with E-state index in [1.165, 1.54) is 5.56 Å². The molecular weight excluding hydrogens is 500 g/mol. The zero-order valence-electron chi connectivity index (χ0n) is 23.6. The van der Waals surface area contributed by atoms with Crippen LogP contribution in [-0.4, -0.2) is 33.0 Å². The largest absolute Gasteiger partial charge is 0.491 e. The van der Waals surface area contributed by atoms with E-state index in [1.807, 2.05) is 50.2 Å². The molecule has 0 aliphatic carbocycles. The van der Waals surface area contributed by atoms with Gasteiger partial charge in [0.15, 0.2) is 5.82 Å². The number of ether oxygens (including phenoxy) is 1. The summed E-state index contributed by atoms with van der Waals surface area (Å²) in [6, 6.07) is 24.7. The van der Waals surface area contributed by atoms with Gasteiger partial charge < -0.3 is 9.64 Å². The monoisotopic (exact) mass is 536 g/mol. The molecule has 1 aliphatic rings. The van der Waals surface area contributed by atoms with Gasteiger partial charge in [0, 0.05) is 29.6 Å². The molecule has 0 saturated heterocycles. The second-order valence-corrected chi connectivity index (χ2v) is 10.4. The first-order chi connectivity index (χ1) is 19.4. The first kappa shape index (κ1) is 27.2. The van der Waals surface area contributed by atoms with E-state index in [9.17, 15) is 4.79 Å². The van der Waals surface area contributed by atoms with Crippen LogP contribution in [0.5, 0.6) is 5.75 Å². The molecule has 0 spiro atoms. The van der Waals surface area contributed by atoms with Gasteiger partial charge in [0.25, 0.3) is 0 Å². The summed E-state index contributed by atoms with van der Waals surface area (Å²) in [7, 11) is 0. The number of aromatic nitrogens is 2. The molecule has 0 amide bonds. The van der Waals surface area contributed by atoms with E-state index in [2.05, 4.69) is 71.5 Å². The molecule has 0 saturated carbocycles. The van der Waals surface area contributed by atoms with Gasteiger partial charge in [0.05, 0.1) is 6.10 Å². The zero-order valence-corrected chi connectivity index (χ0v) is 23.6. The summed E-state index contributed by atoms with van der Waals surface area (Å²) in [6.07, 6.45) is 5.80. The number of hydrogen-bond donors (Lipinski definition) is 1. The van der Waals surface area contributed by atoms with Gasteiger partial charge in [-0.2, -0.15) is 0 Å². The summed E-state index contributed by atoms with van der Waals surface area (Å²) < 4.78 is 10.6. The molecule has 2 heterocycles. The van der Waals surface area contributed by atoms with Crippen molar-refractivity contribution < 1.29 is 9.26 Å². The fourth-order valence-electron chi connectivity index (χ4n) is 5.04. The van der Waals surface area contributed by atoms with Gasteiger partial charge in [0.2, 0.25) is 0 Å². The van der Waals surface area contributed by atoms with Crippen molar-refractivity contribution in [2.24, 2.45) is 4.99 Å². The standard InChI is InChI=1S/C33H36N4O3/c1-5-6-11-31-34-23(4)30(26-16-18-27(19-17-26)39-22(2)3)21-37(31)20-24-12-14-25(15-13-24)28-9-7-8-10-29(28)32-35-33(38)40-36-32/h7-10,12-19,21-22,31H,5-6,11,20H2,1-4H3,(H,35,36,38). The molecule has 0 fully saturated rings. The molecule has 206 valence electrons. The van der Waals surface area contributed by atoms with Gasteiger partial charge in [-0.25, -0.2) is 4.79 Å². The Hall–Kier alpha value is -4.39. The topological polar surface area (TPSA) is 83.7 Å². The number of nitrogens with one attached hydrogen (secondary N) is 1. The third kappa shape index (κ3) is 6.25. The van der Waals surface area contributed by atoms with Gasteiger partial charge in [0.1, 0.15) is 11.9 Å². The van der Waals surface area contributed by atoms with Crippen molar-refractivity contribution in [2.75, 3.05) is 0 Å². The molecule has 7 nitrogen and oxygen atoms in total. The molecule has 1 aromatic heterocycles. The maximum absolute atomic E-state index is 11.5. The molecule has 7 heteroatoms. The Morgan fingerprint density at radius 1 is 0.975 bits per heavy atom. The van der Waals surface area contributed by atoms with Crippen LogP contribution in [0.15, 0.2) is 93.3 Å². The number of unbranched alkanes of at least 4 members (excludes halogenated alkanes) is 1. The van der Waals surface area contributed by atoms with Crippen molar-refractivity contribution in [3.05, 3.63) is 101 Å². The third-order valence-electron chi connectivity index (χ3n) is 7.02. The summed E-state index contributed by atoms with van der Waals surface area (Å²) in [5, 5.41) is 3.88. The minimum Gasteiger partial charge on any atom is -0.491 e. The highest BCUT2D eigenvalue weighted by Gasteiger charge is 2.22. The number of nitrogens with zero attached hydrogens (tertiary/aromatic N) is 3. The van der Waals surface area contributed by atoms with E-state index in [-0.39, 0.29) is 12.3 Å². The predicted molar refractivity (Wildman–Crippen MR) is 160 cm³/mol. The van der Waals surface area contributed by atoms with Gasteiger partial charge in [-0.1, -0.05) is 79.2 Å². The number of aromatic amines is 1. The Bertz CT molecular complexity index is 1550. The van der Waals surface area contributed by atoms with Crippen LogP contribution >= 0.6 is 0 Å². The maximum atomic E-state index is 11.5. The Balaban J connectivity index is 1.40. The van der Waals surface area contributed by atoms with Gasteiger partial charge in [-0.15, -0.1) is 0 Å². The predicted octanol–water partition coefficient (Wildman–Crippen LogP) is 7.32. The number of rotatable bonds is 10. The number of benzene rings is 3. The van der Waals surface area contributed by atoms with E-state index in [0.29, 0.717) is 5.82 Å². The van der Waals surface area contributed by atoms with Crippen LogP contribution in [0.25, 0.3) is 28.1 Å². The van der Waals surface area contributed by atoms with Crippen molar-refractivity contribution in [1.29, 1.82) is 0 Å². The molecule has 1 N–H and O–H groups in total. The number of aliphatic imine (C=N–C) groups is 1.